The van der Waals surface area contributed by atoms with Crippen molar-refractivity contribution < 1.29 is 4.79 Å². The van der Waals surface area contributed by atoms with Crippen molar-refractivity contribution in [2.24, 2.45) is 0 Å². The number of hydrogen-bond donors (Lipinski definition) is 1. The van der Waals surface area contributed by atoms with Crippen molar-refractivity contribution in [1.29, 1.82) is 0 Å². The number of benzene rings is 1. The molecule has 1 N–H and O–H groups in total. The number of amides is 1. The minimum absolute atomic E-state index is 0.0308. The second-order valence-corrected chi connectivity index (χ2v) is 7.30. The fourth-order valence-electron chi connectivity index (χ4n) is 3.43. The van der Waals surface area contributed by atoms with Crippen LogP contribution in [0.3, 0.4) is 0 Å². The van der Waals surface area contributed by atoms with Crippen LogP contribution < -0.4 is 10.9 Å². The van der Waals surface area contributed by atoms with Crippen molar-refractivity contribution in [3.05, 3.63) is 63.3 Å². The number of fused-ring (bicyclic) bond motifs is 1. The fraction of sp³-hybridized carbons (Fsp3) is 0.476. The molecule has 0 spiro atoms. The summed E-state index contributed by atoms with van der Waals surface area (Å²) in [5.41, 5.74) is 2.78. The van der Waals surface area contributed by atoms with Gasteiger partial charge in [-0.15, -0.1) is 0 Å². The molecule has 27 heavy (non-hydrogen) atoms. The van der Waals surface area contributed by atoms with Gasteiger partial charge in [0, 0.05) is 31.2 Å². The summed E-state index contributed by atoms with van der Waals surface area (Å²) in [7, 11) is 0. The fourth-order valence-corrected chi connectivity index (χ4v) is 3.43. The predicted molar refractivity (Wildman–Crippen MR) is 105 cm³/mol. The second kappa shape index (κ2) is 8.48. The van der Waals surface area contributed by atoms with E-state index < -0.39 is 0 Å². The van der Waals surface area contributed by atoms with Gasteiger partial charge in [0.1, 0.15) is 12.4 Å². The zero-order valence-corrected chi connectivity index (χ0v) is 16.4. The Morgan fingerprint density at radius 2 is 2.04 bits per heavy atom. The molecule has 6 nitrogen and oxygen atoms in total. The molecule has 1 aliphatic heterocycles. The number of carbonyl (C=O) groups excluding carboxylic acids is 1. The summed E-state index contributed by atoms with van der Waals surface area (Å²) in [4.78, 5) is 32.1. The summed E-state index contributed by atoms with van der Waals surface area (Å²) in [6, 6.07) is 10.4. The first-order valence-electron chi connectivity index (χ1n) is 9.62. The van der Waals surface area contributed by atoms with Crippen LogP contribution >= 0.6 is 0 Å². The zero-order chi connectivity index (χ0) is 19.4. The van der Waals surface area contributed by atoms with Crippen molar-refractivity contribution in [3.63, 3.8) is 0 Å². The highest BCUT2D eigenvalue weighted by molar-refractivity contribution is 5.76. The highest BCUT2D eigenvalue weighted by atomic mass is 16.2. The molecule has 1 amide bonds. The lowest BCUT2D eigenvalue weighted by atomic mass is 10.1. The number of nitrogens with zero attached hydrogens (tertiary/aromatic N) is 3. The average molecular weight is 368 g/mol. The van der Waals surface area contributed by atoms with Crippen molar-refractivity contribution in [2.45, 2.75) is 59.3 Å². The van der Waals surface area contributed by atoms with Crippen LogP contribution in [0.1, 0.15) is 42.9 Å². The van der Waals surface area contributed by atoms with Crippen molar-refractivity contribution in [3.8, 4) is 0 Å². The van der Waals surface area contributed by atoms with Crippen LogP contribution in [0, 0.1) is 6.92 Å². The molecule has 6 heteroatoms. The molecule has 1 aliphatic rings. The number of carbonyl (C=O) groups is 1. The number of hydrogen-bond acceptors (Lipinski definition) is 4. The van der Waals surface area contributed by atoms with E-state index in [2.05, 4.69) is 27.3 Å². The van der Waals surface area contributed by atoms with Gasteiger partial charge in [-0.3, -0.25) is 19.1 Å². The quantitative estimate of drug-likeness (QED) is 0.847. The van der Waals surface area contributed by atoms with Crippen LogP contribution in [0.4, 0.5) is 0 Å². The molecule has 3 rings (SSSR count). The van der Waals surface area contributed by atoms with Crippen LogP contribution in [0.15, 0.2) is 35.1 Å². The zero-order valence-electron chi connectivity index (χ0n) is 16.4. The molecule has 0 fully saturated rings. The van der Waals surface area contributed by atoms with E-state index >= 15 is 0 Å². The third-order valence-electron chi connectivity index (χ3n) is 5.16. The van der Waals surface area contributed by atoms with Gasteiger partial charge < -0.3 is 5.32 Å². The van der Waals surface area contributed by atoms with Crippen LogP contribution in [0.25, 0.3) is 0 Å². The number of aryl methyl sites for hydroxylation is 1. The Kier molecular flexibility index (Phi) is 6.06. The molecule has 0 saturated heterocycles. The maximum absolute atomic E-state index is 12.9. The molecule has 0 bridgehead atoms. The van der Waals surface area contributed by atoms with Gasteiger partial charge in [-0.05, 0) is 32.3 Å². The number of aromatic nitrogens is 2. The predicted octanol–water partition coefficient (Wildman–Crippen LogP) is 2.02. The summed E-state index contributed by atoms with van der Waals surface area (Å²) in [6.45, 7) is 8.14. The molecule has 2 heterocycles. The smallest absolute Gasteiger partial charge is 0.257 e. The van der Waals surface area contributed by atoms with Gasteiger partial charge in [0.25, 0.3) is 5.56 Å². The highest BCUT2D eigenvalue weighted by Gasteiger charge is 2.23. The van der Waals surface area contributed by atoms with Crippen molar-refractivity contribution in [2.75, 3.05) is 6.54 Å². The Morgan fingerprint density at radius 1 is 1.30 bits per heavy atom. The summed E-state index contributed by atoms with van der Waals surface area (Å²) >= 11 is 0. The summed E-state index contributed by atoms with van der Waals surface area (Å²) in [5.74, 6) is 0.456. The normalized spacial score (nSPS) is 15.2. The largest absolute Gasteiger partial charge is 0.352 e. The van der Waals surface area contributed by atoms with Gasteiger partial charge in [0.15, 0.2) is 0 Å². The Bertz CT molecular complexity index is 860. The molecule has 1 unspecified atom stereocenters. The summed E-state index contributed by atoms with van der Waals surface area (Å²) in [5, 5.41) is 2.91. The first kappa shape index (κ1) is 19.3. The van der Waals surface area contributed by atoms with E-state index in [0.29, 0.717) is 18.8 Å². The van der Waals surface area contributed by atoms with E-state index in [1.54, 1.807) is 6.92 Å². The monoisotopic (exact) mass is 368 g/mol. The van der Waals surface area contributed by atoms with E-state index in [1.165, 1.54) is 10.1 Å². The van der Waals surface area contributed by atoms with Gasteiger partial charge in [0.05, 0.1) is 5.69 Å². The molecule has 2 aromatic rings. The van der Waals surface area contributed by atoms with E-state index in [1.807, 2.05) is 32.0 Å². The third kappa shape index (κ3) is 4.63. The third-order valence-corrected chi connectivity index (χ3v) is 5.16. The molecule has 1 aromatic carbocycles. The lowest BCUT2D eigenvalue weighted by molar-refractivity contribution is -0.122. The standard InChI is InChI=1S/C21H28N4O2/c1-4-15(2)22-20(26)14-25-16(3)23-19-13-24(11-10-18(19)21(25)27)12-17-8-6-5-7-9-17/h5-9,15H,4,10-14H2,1-3H3,(H,22,26). The Morgan fingerprint density at radius 3 is 2.74 bits per heavy atom. The lowest BCUT2D eigenvalue weighted by Gasteiger charge is -2.28. The Balaban J connectivity index is 1.75. The molecule has 1 aromatic heterocycles. The molecule has 0 radical (unpaired) electrons. The maximum Gasteiger partial charge on any atom is 0.257 e. The van der Waals surface area contributed by atoms with Crippen LogP contribution in [0.5, 0.6) is 0 Å². The van der Waals surface area contributed by atoms with E-state index in [0.717, 1.165) is 30.8 Å². The summed E-state index contributed by atoms with van der Waals surface area (Å²) < 4.78 is 1.50. The first-order chi connectivity index (χ1) is 13.0. The Labute approximate surface area is 160 Å². The molecule has 0 aliphatic carbocycles. The number of rotatable bonds is 6. The van der Waals surface area contributed by atoms with E-state index in [9.17, 15) is 9.59 Å². The Hall–Kier alpha value is -2.47. The summed E-state index contributed by atoms with van der Waals surface area (Å²) in [6.07, 6.45) is 1.53. The van der Waals surface area contributed by atoms with Crippen LogP contribution in [0.2, 0.25) is 0 Å². The molecule has 0 saturated carbocycles. The van der Waals surface area contributed by atoms with E-state index in [4.69, 9.17) is 0 Å². The average Bonchev–Trinajstić information content (AvgIpc) is 2.65. The van der Waals surface area contributed by atoms with Gasteiger partial charge in [0.2, 0.25) is 5.91 Å². The van der Waals surface area contributed by atoms with Crippen LogP contribution in [-0.4, -0.2) is 32.9 Å². The minimum Gasteiger partial charge on any atom is -0.352 e. The topological polar surface area (TPSA) is 67.2 Å². The lowest BCUT2D eigenvalue weighted by Crippen LogP contribution is -2.41. The molecule has 144 valence electrons. The minimum atomic E-state index is -0.141. The van der Waals surface area contributed by atoms with Gasteiger partial charge in [-0.2, -0.15) is 0 Å². The van der Waals surface area contributed by atoms with Crippen LogP contribution in [-0.2, 0) is 30.8 Å². The van der Waals surface area contributed by atoms with Crippen molar-refractivity contribution >= 4 is 5.91 Å². The second-order valence-electron chi connectivity index (χ2n) is 7.30. The maximum atomic E-state index is 12.9. The van der Waals surface area contributed by atoms with Gasteiger partial charge in [-0.1, -0.05) is 37.3 Å². The van der Waals surface area contributed by atoms with Gasteiger partial charge in [-0.25, -0.2) is 4.98 Å². The number of nitrogens with one attached hydrogen (secondary N) is 1. The van der Waals surface area contributed by atoms with E-state index in [-0.39, 0.29) is 24.1 Å². The van der Waals surface area contributed by atoms with Gasteiger partial charge >= 0.3 is 0 Å². The molecule has 1 atom stereocenters. The first-order valence-corrected chi connectivity index (χ1v) is 9.62. The van der Waals surface area contributed by atoms with Crippen molar-refractivity contribution in [1.82, 2.24) is 19.8 Å². The SMILES string of the molecule is CCC(C)NC(=O)Cn1c(C)nc2c(c1=O)CCN(Cc1ccccc1)C2. The highest BCUT2D eigenvalue weighted by Crippen LogP contribution is 2.17. The molecular formula is C21H28N4O2. The molecular weight excluding hydrogens is 340 g/mol.